The van der Waals surface area contributed by atoms with E-state index in [0.717, 1.165) is 19.5 Å². The van der Waals surface area contributed by atoms with Gasteiger partial charge in [-0.3, -0.25) is 4.52 Å². The second-order valence-corrected chi connectivity index (χ2v) is 4.82. The first-order valence-corrected chi connectivity index (χ1v) is 7.03. The van der Waals surface area contributed by atoms with E-state index in [1.54, 1.807) is 0 Å². The van der Waals surface area contributed by atoms with E-state index in [2.05, 4.69) is 16.3 Å². The van der Waals surface area contributed by atoms with E-state index in [4.69, 9.17) is 9.79 Å². The summed E-state index contributed by atoms with van der Waals surface area (Å²) in [4.78, 5) is 19.0. The van der Waals surface area contributed by atoms with Gasteiger partial charge in [0.05, 0.1) is 13.2 Å². The Balaban J connectivity index is 3.62. The highest BCUT2D eigenvalue weighted by Crippen LogP contribution is 2.35. The molecule has 0 aromatic rings. The second-order valence-electron chi connectivity index (χ2n) is 3.58. The van der Waals surface area contributed by atoms with Crippen molar-refractivity contribution in [2.24, 2.45) is 0 Å². The van der Waals surface area contributed by atoms with Crippen molar-refractivity contribution in [1.82, 2.24) is 4.90 Å². The van der Waals surface area contributed by atoms with Crippen molar-refractivity contribution in [3.63, 3.8) is 0 Å². The third-order valence-electron chi connectivity index (χ3n) is 2.04. The van der Waals surface area contributed by atoms with Crippen molar-refractivity contribution < 1.29 is 24.0 Å². The van der Waals surface area contributed by atoms with Crippen LogP contribution in [0.2, 0.25) is 0 Å². The Hall–Kier alpha value is 0.0300. The maximum Gasteiger partial charge on any atom is 0.469 e. The average Bonchev–Trinajstić information content (AvgIpc) is 2.19. The van der Waals surface area contributed by atoms with Gasteiger partial charge in [-0.05, 0) is 25.8 Å². The Bertz CT molecular complexity index is 208. The fraction of sp³-hybridized carbons (Fsp3) is 1.00. The average molecular weight is 254 g/mol. The molecule has 0 aromatic heterocycles. The molecule has 0 bridgehead atoms. The first-order chi connectivity index (χ1) is 7.49. The predicted octanol–water partition coefficient (Wildman–Crippen LogP) is 1.02. The van der Waals surface area contributed by atoms with Gasteiger partial charge in [0.25, 0.3) is 0 Å². The molecule has 0 saturated carbocycles. The highest BCUT2D eigenvalue weighted by molar-refractivity contribution is 7.46. The number of phosphoric acid groups is 1. The van der Waals surface area contributed by atoms with E-state index in [9.17, 15) is 9.67 Å². The molecule has 2 N–H and O–H groups in total. The zero-order valence-electron chi connectivity index (χ0n) is 9.67. The highest BCUT2D eigenvalue weighted by Gasteiger charge is 2.13. The molecule has 0 heterocycles. The van der Waals surface area contributed by atoms with Gasteiger partial charge in [0.15, 0.2) is 0 Å². The maximum absolute atomic E-state index is 10.4. The Morgan fingerprint density at radius 3 is 2.31 bits per heavy atom. The normalized spacial score (nSPS) is 12.3. The molecule has 0 rings (SSSR count). The van der Waals surface area contributed by atoms with Crippen LogP contribution in [0.4, 0.5) is 0 Å². The third kappa shape index (κ3) is 10.5. The lowest BCUT2D eigenvalue weighted by Crippen LogP contribution is -2.28. The van der Waals surface area contributed by atoms with Crippen molar-refractivity contribution >= 4 is 7.82 Å². The summed E-state index contributed by atoms with van der Waals surface area (Å²) < 4.78 is 14.7. The summed E-state index contributed by atoms with van der Waals surface area (Å²) in [5.41, 5.74) is 0. The van der Waals surface area contributed by atoms with Crippen molar-refractivity contribution in [3.8, 4) is 0 Å². The Morgan fingerprint density at radius 1 is 1.19 bits per heavy atom. The van der Waals surface area contributed by atoms with Crippen LogP contribution in [-0.2, 0) is 14.2 Å². The molecule has 0 unspecified atom stereocenters. The Labute approximate surface area is 96.5 Å². The molecule has 0 spiro atoms. The van der Waals surface area contributed by atoms with E-state index in [1.807, 2.05) is 0 Å². The largest absolute Gasteiger partial charge is 0.469 e. The molecule has 97 valence electrons. The highest BCUT2D eigenvalue weighted by atomic mass is 31.2. The zero-order valence-corrected chi connectivity index (χ0v) is 10.6. The number of phosphoric ester groups is 1. The molecule has 0 fully saturated rings. The monoisotopic (exact) mass is 254 g/mol. The Kier molecular flexibility index (Phi) is 9.12. The third-order valence-corrected chi connectivity index (χ3v) is 2.56. The fourth-order valence-electron chi connectivity index (χ4n) is 1.41. The first kappa shape index (κ1) is 16.0. The number of nitrogens with zero attached hydrogens (tertiary/aromatic N) is 1. The quantitative estimate of drug-likeness (QED) is 0.448. The van der Waals surface area contributed by atoms with Crippen LogP contribution in [0.5, 0.6) is 0 Å². The molecule has 0 atom stereocenters. The van der Waals surface area contributed by atoms with E-state index in [0.29, 0.717) is 19.4 Å². The lowest BCUT2D eigenvalue weighted by atomic mass is 10.3. The van der Waals surface area contributed by atoms with E-state index in [-0.39, 0.29) is 13.2 Å². The summed E-state index contributed by atoms with van der Waals surface area (Å²) >= 11 is 0. The summed E-state index contributed by atoms with van der Waals surface area (Å²) in [6.45, 7) is 4.36. The topological polar surface area (TPSA) is 89.9 Å². The van der Waals surface area contributed by atoms with Crippen LogP contribution in [0, 0.1) is 0 Å². The minimum Gasteiger partial charge on any atom is -0.303 e. The van der Waals surface area contributed by atoms with Crippen LogP contribution in [0.25, 0.3) is 0 Å². The molecule has 0 aliphatic rings. The smallest absolute Gasteiger partial charge is 0.303 e. The van der Waals surface area contributed by atoms with Crippen molar-refractivity contribution in [3.05, 3.63) is 0 Å². The molecule has 0 aliphatic heterocycles. The molecule has 0 saturated heterocycles. The predicted molar refractivity (Wildman–Crippen MR) is 59.5 cm³/mol. The molecule has 0 aliphatic carbocycles. The van der Waals surface area contributed by atoms with Gasteiger partial charge in [-0.2, -0.15) is 0 Å². The zero-order chi connectivity index (χ0) is 12.4. The van der Waals surface area contributed by atoms with Gasteiger partial charge in [-0.25, -0.2) is 9.67 Å². The number of hydrogen-bond donors (Lipinski definition) is 2. The molecule has 6 nitrogen and oxygen atoms in total. The molecule has 7 heteroatoms. The molecule has 0 aromatic carbocycles. The van der Waals surface area contributed by atoms with Gasteiger partial charge in [0, 0.05) is 13.1 Å². The SMILES string of the molecule is CCCN(CCC[O])CCCOP(=O)(O)O. The van der Waals surface area contributed by atoms with Gasteiger partial charge in [0.1, 0.15) is 0 Å². The van der Waals surface area contributed by atoms with Gasteiger partial charge in [-0.15, -0.1) is 0 Å². The van der Waals surface area contributed by atoms with Crippen LogP contribution >= 0.6 is 7.82 Å². The van der Waals surface area contributed by atoms with Crippen LogP contribution < -0.4 is 0 Å². The summed E-state index contributed by atoms with van der Waals surface area (Å²) in [6, 6.07) is 0. The van der Waals surface area contributed by atoms with Crippen LogP contribution in [0.1, 0.15) is 26.2 Å². The molecule has 0 amide bonds. The summed E-state index contributed by atoms with van der Waals surface area (Å²) in [6.07, 6.45) is 2.17. The number of rotatable bonds is 10. The van der Waals surface area contributed by atoms with E-state index >= 15 is 0 Å². The molecular weight excluding hydrogens is 233 g/mol. The van der Waals surface area contributed by atoms with Crippen LogP contribution in [-0.4, -0.2) is 47.5 Å². The van der Waals surface area contributed by atoms with E-state index in [1.165, 1.54) is 0 Å². The lowest BCUT2D eigenvalue weighted by molar-refractivity contribution is 0.155. The van der Waals surface area contributed by atoms with Crippen LogP contribution in [0.3, 0.4) is 0 Å². The maximum atomic E-state index is 10.4. The molecule has 16 heavy (non-hydrogen) atoms. The summed E-state index contributed by atoms with van der Waals surface area (Å²) in [5, 5.41) is 10.3. The van der Waals surface area contributed by atoms with Gasteiger partial charge in [-0.1, -0.05) is 6.92 Å². The standard InChI is InChI=1S/C9H21NO5P/c1-2-5-10(6-3-8-11)7-4-9-15-16(12,13)14/h2-9H2,1H3,(H2,12,13,14). The molecule has 1 radical (unpaired) electrons. The van der Waals surface area contributed by atoms with Crippen molar-refractivity contribution in [1.29, 1.82) is 0 Å². The minimum atomic E-state index is -4.33. The minimum absolute atomic E-state index is 0.0435. The molecular formula is C9H21NO5P. The first-order valence-electron chi connectivity index (χ1n) is 5.50. The summed E-state index contributed by atoms with van der Waals surface area (Å²) in [5.74, 6) is 0. The summed E-state index contributed by atoms with van der Waals surface area (Å²) in [7, 11) is -4.33. The van der Waals surface area contributed by atoms with E-state index < -0.39 is 7.82 Å². The second kappa shape index (κ2) is 9.10. The Morgan fingerprint density at radius 2 is 1.81 bits per heavy atom. The van der Waals surface area contributed by atoms with Crippen molar-refractivity contribution in [2.75, 3.05) is 32.8 Å². The lowest BCUT2D eigenvalue weighted by Gasteiger charge is -2.20. The van der Waals surface area contributed by atoms with Gasteiger partial charge < -0.3 is 14.7 Å². The number of hydrogen-bond acceptors (Lipinski definition) is 3. The van der Waals surface area contributed by atoms with Gasteiger partial charge in [0.2, 0.25) is 0 Å². The van der Waals surface area contributed by atoms with Crippen molar-refractivity contribution in [2.45, 2.75) is 26.2 Å². The fourth-order valence-corrected chi connectivity index (χ4v) is 1.78. The van der Waals surface area contributed by atoms with Gasteiger partial charge >= 0.3 is 7.82 Å². The van der Waals surface area contributed by atoms with Crippen LogP contribution in [0.15, 0.2) is 0 Å².